The van der Waals surface area contributed by atoms with E-state index in [0.29, 0.717) is 0 Å². The Kier molecular flexibility index (Phi) is 4.07. The van der Waals surface area contributed by atoms with Gasteiger partial charge in [0.05, 0.1) is 11.5 Å². The van der Waals surface area contributed by atoms with Gasteiger partial charge in [-0.15, -0.1) is 0 Å². The molecule has 0 aliphatic carbocycles. The van der Waals surface area contributed by atoms with Crippen LogP contribution in [0.15, 0.2) is 24.3 Å². The number of rotatable bonds is 3. The number of hydrogen-bond acceptors (Lipinski definition) is 3. The van der Waals surface area contributed by atoms with Crippen molar-refractivity contribution in [3.05, 3.63) is 35.4 Å². The van der Waals surface area contributed by atoms with Crippen molar-refractivity contribution in [3.63, 3.8) is 0 Å². The SMILES string of the molecule is CCCc1ccc(C2CS(=O)(=O)CC(C)N2)cc1. The van der Waals surface area contributed by atoms with Crippen LogP contribution in [0.1, 0.15) is 37.4 Å². The summed E-state index contributed by atoms with van der Waals surface area (Å²) in [5.41, 5.74) is 2.39. The summed E-state index contributed by atoms with van der Waals surface area (Å²) in [5, 5.41) is 3.36. The van der Waals surface area contributed by atoms with Crippen molar-refractivity contribution in [1.82, 2.24) is 5.32 Å². The second-order valence-electron chi connectivity index (χ2n) is 5.19. The summed E-state index contributed by atoms with van der Waals surface area (Å²) in [6.45, 7) is 4.08. The van der Waals surface area contributed by atoms with Crippen LogP contribution in [0.4, 0.5) is 0 Å². The van der Waals surface area contributed by atoms with Crippen LogP contribution in [0.3, 0.4) is 0 Å². The predicted molar refractivity (Wildman–Crippen MR) is 74.4 cm³/mol. The van der Waals surface area contributed by atoms with Gasteiger partial charge in [-0.1, -0.05) is 37.6 Å². The third-order valence-corrected chi connectivity index (χ3v) is 5.18. The summed E-state index contributed by atoms with van der Waals surface area (Å²) in [6, 6.07) is 8.28. The molecule has 0 aromatic heterocycles. The smallest absolute Gasteiger partial charge is 0.153 e. The minimum absolute atomic E-state index is 0.0315. The Bertz CT molecular complexity index is 493. The fourth-order valence-corrected chi connectivity index (χ4v) is 4.33. The lowest BCUT2D eigenvalue weighted by atomic mass is 10.0. The molecule has 0 spiro atoms. The summed E-state index contributed by atoms with van der Waals surface area (Å²) in [7, 11) is -2.91. The summed E-state index contributed by atoms with van der Waals surface area (Å²) < 4.78 is 23.5. The van der Waals surface area contributed by atoms with Crippen molar-refractivity contribution in [2.45, 2.75) is 38.8 Å². The highest BCUT2D eigenvalue weighted by Gasteiger charge is 2.29. The van der Waals surface area contributed by atoms with Gasteiger partial charge in [-0.2, -0.15) is 0 Å². The molecule has 100 valence electrons. The third kappa shape index (κ3) is 3.33. The molecule has 1 aromatic rings. The first-order chi connectivity index (χ1) is 8.50. The maximum atomic E-state index is 11.8. The molecule has 0 saturated carbocycles. The first kappa shape index (κ1) is 13.6. The molecule has 1 fully saturated rings. The maximum Gasteiger partial charge on any atom is 0.153 e. The Morgan fingerprint density at radius 2 is 1.89 bits per heavy atom. The van der Waals surface area contributed by atoms with Crippen molar-refractivity contribution in [3.8, 4) is 0 Å². The first-order valence-electron chi connectivity index (χ1n) is 6.55. The van der Waals surface area contributed by atoms with E-state index in [2.05, 4.69) is 36.5 Å². The summed E-state index contributed by atoms with van der Waals surface area (Å²) >= 11 is 0. The van der Waals surface area contributed by atoms with Gasteiger partial charge in [0.15, 0.2) is 9.84 Å². The van der Waals surface area contributed by atoms with Crippen molar-refractivity contribution in [2.24, 2.45) is 0 Å². The van der Waals surface area contributed by atoms with E-state index in [1.807, 2.05) is 6.92 Å². The maximum absolute atomic E-state index is 11.8. The molecule has 1 N–H and O–H groups in total. The topological polar surface area (TPSA) is 46.2 Å². The van der Waals surface area contributed by atoms with Gasteiger partial charge in [0.2, 0.25) is 0 Å². The second-order valence-corrected chi connectivity index (χ2v) is 7.34. The number of aryl methyl sites for hydroxylation is 1. The third-order valence-electron chi connectivity index (χ3n) is 3.33. The van der Waals surface area contributed by atoms with Crippen LogP contribution in [0, 0.1) is 0 Å². The van der Waals surface area contributed by atoms with E-state index in [1.165, 1.54) is 5.56 Å². The van der Waals surface area contributed by atoms with Gasteiger partial charge in [0.25, 0.3) is 0 Å². The zero-order valence-corrected chi connectivity index (χ0v) is 11.8. The molecule has 1 aromatic carbocycles. The van der Waals surface area contributed by atoms with E-state index in [1.54, 1.807) is 0 Å². The zero-order valence-electron chi connectivity index (χ0n) is 11.0. The molecule has 2 rings (SSSR count). The van der Waals surface area contributed by atoms with Gasteiger partial charge in [0.1, 0.15) is 0 Å². The highest BCUT2D eigenvalue weighted by molar-refractivity contribution is 7.91. The number of nitrogens with one attached hydrogen (secondary N) is 1. The number of sulfone groups is 1. The van der Waals surface area contributed by atoms with Crippen molar-refractivity contribution < 1.29 is 8.42 Å². The molecular weight excluding hydrogens is 246 g/mol. The molecule has 2 unspecified atom stereocenters. The number of hydrogen-bond donors (Lipinski definition) is 1. The minimum atomic E-state index is -2.91. The molecule has 0 amide bonds. The van der Waals surface area contributed by atoms with Crippen LogP contribution in [0.25, 0.3) is 0 Å². The Morgan fingerprint density at radius 3 is 2.44 bits per heavy atom. The molecule has 0 radical (unpaired) electrons. The Morgan fingerprint density at radius 1 is 1.22 bits per heavy atom. The molecule has 1 heterocycles. The van der Waals surface area contributed by atoms with Gasteiger partial charge in [-0.05, 0) is 24.5 Å². The number of benzene rings is 1. The largest absolute Gasteiger partial charge is 0.306 e. The van der Waals surface area contributed by atoms with E-state index in [-0.39, 0.29) is 23.6 Å². The molecule has 1 saturated heterocycles. The standard InChI is InChI=1S/C14H21NO2S/c1-3-4-12-5-7-13(8-6-12)14-10-18(16,17)9-11(2)15-14/h5-8,11,14-15H,3-4,9-10H2,1-2H3. The average molecular weight is 267 g/mol. The van der Waals surface area contributed by atoms with Crippen LogP contribution in [0.5, 0.6) is 0 Å². The van der Waals surface area contributed by atoms with E-state index in [9.17, 15) is 8.42 Å². The van der Waals surface area contributed by atoms with E-state index in [0.717, 1.165) is 18.4 Å². The zero-order chi connectivity index (χ0) is 13.2. The second kappa shape index (κ2) is 5.41. The van der Waals surface area contributed by atoms with Crippen LogP contribution in [0.2, 0.25) is 0 Å². The van der Waals surface area contributed by atoms with Crippen LogP contribution < -0.4 is 5.32 Å². The van der Waals surface area contributed by atoms with Crippen molar-refractivity contribution >= 4 is 9.84 Å². The van der Waals surface area contributed by atoms with Crippen LogP contribution in [-0.4, -0.2) is 26.0 Å². The lowest BCUT2D eigenvalue weighted by Gasteiger charge is -2.29. The lowest BCUT2D eigenvalue weighted by Crippen LogP contribution is -2.45. The van der Waals surface area contributed by atoms with E-state index < -0.39 is 9.84 Å². The predicted octanol–water partition coefficient (Wildman–Crippen LogP) is 2.09. The fourth-order valence-electron chi connectivity index (χ4n) is 2.54. The first-order valence-corrected chi connectivity index (χ1v) is 8.37. The van der Waals surface area contributed by atoms with Gasteiger partial charge in [-0.3, -0.25) is 0 Å². The van der Waals surface area contributed by atoms with E-state index >= 15 is 0 Å². The monoisotopic (exact) mass is 267 g/mol. The van der Waals surface area contributed by atoms with Crippen molar-refractivity contribution in [1.29, 1.82) is 0 Å². The average Bonchev–Trinajstić information content (AvgIpc) is 2.27. The minimum Gasteiger partial charge on any atom is -0.306 e. The van der Waals surface area contributed by atoms with Crippen molar-refractivity contribution in [2.75, 3.05) is 11.5 Å². The van der Waals surface area contributed by atoms with Gasteiger partial charge >= 0.3 is 0 Å². The molecule has 1 aliphatic heterocycles. The highest BCUT2D eigenvalue weighted by Crippen LogP contribution is 2.21. The summed E-state index contributed by atoms with van der Waals surface area (Å²) in [5.74, 6) is 0.460. The molecule has 0 bridgehead atoms. The molecule has 4 heteroatoms. The summed E-state index contributed by atoms with van der Waals surface area (Å²) in [6.07, 6.45) is 2.21. The fraction of sp³-hybridized carbons (Fsp3) is 0.571. The molecule has 18 heavy (non-hydrogen) atoms. The highest BCUT2D eigenvalue weighted by atomic mass is 32.2. The Labute approximate surface area is 110 Å². The van der Waals surface area contributed by atoms with Gasteiger partial charge < -0.3 is 5.32 Å². The van der Waals surface area contributed by atoms with Gasteiger partial charge in [-0.25, -0.2) is 8.42 Å². The molecule has 3 nitrogen and oxygen atoms in total. The summed E-state index contributed by atoms with van der Waals surface area (Å²) in [4.78, 5) is 0. The molecular formula is C14H21NO2S. The molecule has 1 aliphatic rings. The normalized spacial score (nSPS) is 27.0. The van der Waals surface area contributed by atoms with Gasteiger partial charge in [0, 0.05) is 12.1 Å². The quantitative estimate of drug-likeness (QED) is 0.912. The molecule has 2 atom stereocenters. The lowest BCUT2D eigenvalue weighted by molar-refractivity contribution is 0.468. The van der Waals surface area contributed by atoms with Crippen LogP contribution >= 0.6 is 0 Å². The van der Waals surface area contributed by atoms with Crippen LogP contribution in [-0.2, 0) is 16.3 Å². The Hall–Kier alpha value is -0.870. The van der Waals surface area contributed by atoms with E-state index in [4.69, 9.17) is 0 Å². The Balaban J connectivity index is 2.15.